The average Bonchev–Trinajstić information content (AvgIpc) is 3.10. The molecule has 3 aromatic rings. The summed E-state index contributed by atoms with van der Waals surface area (Å²) in [5.74, 6) is 1.08. The van der Waals surface area contributed by atoms with Crippen LogP contribution >= 0.6 is 11.3 Å². The van der Waals surface area contributed by atoms with Gasteiger partial charge in [-0.05, 0) is 11.4 Å². The van der Waals surface area contributed by atoms with Crippen LogP contribution in [0.25, 0.3) is 10.2 Å². The third-order valence-corrected chi connectivity index (χ3v) is 5.10. The molecule has 0 radical (unpaired) electrons. The first kappa shape index (κ1) is 14.5. The molecule has 0 atom stereocenters. The second kappa shape index (κ2) is 6.55. The number of piperazine rings is 1. The van der Waals surface area contributed by atoms with Gasteiger partial charge in [0.05, 0.1) is 15.9 Å². The van der Waals surface area contributed by atoms with Gasteiger partial charge in [-0.15, -0.1) is 11.3 Å². The minimum atomic E-state index is 0.955. The molecule has 3 aromatic heterocycles. The van der Waals surface area contributed by atoms with Crippen molar-refractivity contribution >= 4 is 27.4 Å². The molecule has 1 aliphatic heterocycles. The van der Waals surface area contributed by atoms with E-state index >= 15 is 0 Å². The second-order valence-corrected chi connectivity index (χ2v) is 6.52. The molecule has 0 amide bonds. The van der Waals surface area contributed by atoms with Crippen molar-refractivity contribution in [3.63, 3.8) is 0 Å². The summed E-state index contributed by atoms with van der Waals surface area (Å²) in [6.45, 7) is 5.15. The molecule has 0 N–H and O–H groups in total. The van der Waals surface area contributed by atoms with E-state index in [1.165, 1.54) is 4.70 Å². The zero-order valence-corrected chi connectivity index (χ0v) is 13.6. The highest BCUT2D eigenvalue weighted by molar-refractivity contribution is 7.17. The van der Waals surface area contributed by atoms with Gasteiger partial charge in [-0.25, -0.2) is 9.97 Å². The van der Waals surface area contributed by atoms with Gasteiger partial charge in [0.25, 0.3) is 0 Å². The number of hydrogen-bond donors (Lipinski definition) is 0. The first-order valence-electron chi connectivity index (χ1n) is 7.80. The molecule has 0 unspecified atom stereocenters. The Morgan fingerprint density at radius 2 is 1.96 bits per heavy atom. The zero-order chi connectivity index (χ0) is 15.5. The number of nitrogens with zero attached hydrogens (tertiary/aromatic N) is 6. The summed E-state index contributed by atoms with van der Waals surface area (Å²) in [4.78, 5) is 22.2. The number of anilines is 1. The first-order valence-corrected chi connectivity index (χ1v) is 8.68. The Morgan fingerprint density at radius 1 is 1.04 bits per heavy atom. The summed E-state index contributed by atoms with van der Waals surface area (Å²) in [5.41, 5.74) is 2.11. The largest absolute Gasteiger partial charge is 0.353 e. The van der Waals surface area contributed by atoms with Crippen LogP contribution in [0.1, 0.15) is 5.69 Å². The Hall–Kier alpha value is -2.12. The molecule has 4 heterocycles. The van der Waals surface area contributed by atoms with Crippen LogP contribution < -0.4 is 4.90 Å². The fourth-order valence-corrected chi connectivity index (χ4v) is 3.78. The molecule has 0 bridgehead atoms. The molecule has 1 aliphatic rings. The maximum Gasteiger partial charge on any atom is 0.150 e. The molecule has 0 saturated carbocycles. The minimum absolute atomic E-state index is 0.955. The molecule has 118 valence electrons. The maximum atomic E-state index is 4.51. The van der Waals surface area contributed by atoms with E-state index in [-0.39, 0.29) is 0 Å². The zero-order valence-electron chi connectivity index (χ0n) is 12.8. The van der Waals surface area contributed by atoms with Crippen LogP contribution in [0.2, 0.25) is 0 Å². The van der Waals surface area contributed by atoms with Crippen LogP contribution in [-0.2, 0) is 6.42 Å². The molecular formula is C16H18N6S. The highest BCUT2D eigenvalue weighted by Gasteiger charge is 2.20. The van der Waals surface area contributed by atoms with Crippen LogP contribution in [-0.4, -0.2) is 57.6 Å². The third kappa shape index (κ3) is 3.16. The van der Waals surface area contributed by atoms with Gasteiger partial charge in [0.15, 0.2) is 0 Å². The van der Waals surface area contributed by atoms with Crippen molar-refractivity contribution in [3.8, 4) is 0 Å². The SMILES string of the molecule is c1cnc(CCN2CCN(c3ncnc4ccsc34)CC2)cn1. The highest BCUT2D eigenvalue weighted by atomic mass is 32.1. The lowest BCUT2D eigenvalue weighted by Crippen LogP contribution is -2.47. The van der Waals surface area contributed by atoms with Gasteiger partial charge in [0.1, 0.15) is 12.1 Å². The number of aromatic nitrogens is 4. The van der Waals surface area contributed by atoms with Gasteiger partial charge in [0, 0.05) is 57.7 Å². The summed E-state index contributed by atoms with van der Waals surface area (Å²) in [5, 5.41) is 2.08. The van der Waals surface area contributed by atoms with Crippen LogP contribution in [0.5, 0.6) is 0 Å². The summed E-state index contributed by atoms with van der Waals surface area (Å²) in [6.07, 6.45) is 7.95. The van der Waals surface area contributed by atoms with Gasteiger partial charge >= 0.3 is 0 Å². The molecule has 1 saturated heterocycles. The van der Waals surface area contributed by atoms with Crippen molar-refractivity contribution in [2.75, 3.05) is 37.6 Å². The Bertz CT molecular complexity index is 766. The van der Waals surface area contributed by atoms with Crippen LogP contribution in [0.4, 0.5) is 5.82 Å². The minimum Gasteiger partial charge on any atom is -0.353 e. The smallest absolute Gasteiger partial charge is 0.150 e. The van der Waals surface area contributed by atoms with E-state index < -0.39 is 0 Å². The second-order valence-electron chi connectivity index (χ2n) is 5.61. The van der Waals surface area contributed by atoms with Gasteiger partial charge < -0.3 is 4.90 Å². The fourth-order valence-electron chi connectivity index (χ4n) is 2.92. The molecule has 6 nitrogen and oxygen atoms in total. The molecule has 1 fully saturated rings. The number of fused-ring (bicyclic) bond motifs is 1. The summed E-state index contributed by atoms with van der Waals surface area (Å²) in [7, 11) is 0. The molecule has 23 heavy (non-hydrogen) atoms. The maximum absolute atomic E-state index is 4.51. The van der Waals surface area contributed by atoms with Crippen molar-refractivity contribution in [1.29, 1.82) is 0 Å². The molecule has 4 rings (SSSR count). The van der Waals surface area contributed by atoms with E-state index in [2.05, 4.69) is 41.2 Å². The predicted octanol–water partition coefficient (Wildman–Crippen LogP) is 1.85. The number of rotatable bonds is 4. The Morgan fingerprint density at radius 3 is 2.78 bits per heavy atom. The summed E-state index contributed by atoms with van der Waals surface area (Å²) in [6, 6.07) is 2.06. The fraction of sp³-hybridized carbons (Fsp3) is 0.375. The quantitative estimate of drug-likeness (QED) is 0.729. The third-order valence-electron chi connectivity index (χ3n) is 4.20. The van der Waals surface area contributed by atoms with Crippen molar-refractivity contribution in [1.82, 2.24) is 24.8 Å². The summed E-state index contributed by atoms with van der Waals surface area (Å²) >= 11 is 1.72. The van der Waals surface area contributed by atoms with Crippen LogP contribution in [0, 0.1) is 0 Å². The molecular weight excluding hydrogens is 308 g/mol. The average molecular weight is 326 g/mol. The van der Waals surface area contributed by atoms with Gasteiger partial charge in [0.2, 0.25) is 0 Å². The Balaban J connectivity index is 1.37. The standard InChI is InChI=1S/C16H18N6S/c1(13-11-17-3-4-18-13)5-21-6-8-22(9-7-21)16-15-14(2-10-23-15)19-12-20-16/h2-4,10-12H,1,5-9H2. The molecule has 0 aromatic carbocycles. The Kier molecular flexibility index (Phi) is 4.12. The topological polar surface area (TPSA) is 58.0 Å². The van der Waals surface area contributed by atoms with Crippen LogP contribution in [0.3, 0.4) is 0 Å². The van der Waals surface area contributed by atoms with Crippen LogP contribution in [0.15, 0.2) is 36.4 Å². The van der Waals surface area contributed by atoms with Gasteiger partial charge in [-0.1, -0.05) is 0 Å². The lowest BCUT2D eigenvalue weighted by molar-refractivity contribution is 0.260. The summed E-state index contributed by atoms with van der Waals surface area (Å²) < 4.78 is 1.19. The van der Waals surface area contributed by atoms with E-state index in [0.29, 0.717) is 0 Å². The van der Waals surface area contributed by atoms with Crippen molar-refractivity contribution in [2.24, 2.45) is 0 Å². The lowest BCUT2D eigenvalue weighted by Gasteiger charge is -2.35. The lowest BCUT2D eigenvalue weighted by atomic mass is 10.2. The Labute approximate surface area is 138 Å². The normalized spacial score (nSPS) is 16.1. The highest BCUT2D eigenvalue weighted by Crippen LogP contribution is 2.28. The van der Waals surface area contributed by atoms with Crippen molar-refractivity contribution in [3.05, 3.63) is 42.1 Å². The van der Waals surface area contributed by atoms with E-state index in [9.17, 15) is 0 Å². The van der Waals surface area contributed by atoms with E-state index in [1.54, 1.807) is 30.1 Å². The van der Waals surface area contributed by atoms with Gasteiger partial charge in [-0.3, -0.25) is 14.9 Å². The van der Waals surface area contributed by atoms with E-state index in [1.807, 2.05) is 6.20 Å². The molecule has 0 aliphatic carbocycles. The van der Waals surface area contributed by atoms with E-state index in [4.69, 9.17) is 0 Å². The van der Waals surface area contributed by atoms with Crippen molar-refractivity contribution < 1.29 is 0 Å². The van der Waals surface area contributed by atoms with Crippen molar-refractivity contribution in [2.45, 2.75) is 6.42 Å². The predicted molar refractivity (Wildman–Crippen MR) is 91.8 cm³/mol. The van der Waals surface area contributed by atoms with E-state index in [0.717, 1.165) is 56.2 Å². The monoisotopic (exact) mass is 326 g/mol. The number of hydrogen-bond acceptors (Lipinski definition) is 7. The molecule has 0 spiro atoms. The molecule has 7 heteroatoms. The first-order chi connectivity index (χ1) is 11.4. The number of thiophene rings is 1. The van der Waals surface area contributed by atoms with Gasteiger partial charge in [-0.2, -0.15) is 0 Å².